The maximum atomic E-state index is 13.7. The maximum absolute atomic E-state index is 13.7. The molecule has 0 saturated carbocycles. The Morgan fingerprint density at radius 3 is 2.32 bits per heavy atom. The Morgan fingerprint density at radius 2 is 1.58 bits per heavy atom. The van der Waals surface area contributed by atoms with Crippen molar-refractivity contribution in [1.29, 1.82) is 0 Å². The van der Waals surface area contributed by atoms with Gasteiger partial charge in [-0.2, -0.15) is 0 Å². The van der Waals surface area contributed by atoms with Gasteiger partial charge in [-0.15, -0.1) is 11.3 Å². The Morgan fingerprint density at radius 1 is 0.871 bits per heavy atom. The zero-order valence-electron chi connectivity index (χ0n) is 16.3. The van der Waals surface area contributed by atoms with Crippen molar-refractivity contribution in [3.63, 3.8) is 0 Å². The van der Waals surface area contributed by atoms with Crippen LogP contribution in [0.2, 0.25) is 0 Å². The Hall–Kier alpha value is -3.84. The molecule has 0 unspecified atom stereocenters. The van der Waals surface area contributed by atoms with E-state index in [4.69, 9.17) is 0 Å². The van der Waals surface area contributed by atoms with Gasteiger partial charge in [0.15, 0.2) is 5.13 Å². The fourth-order valence-corrected chi connectivity index (χ4v) is 3.69. The van der Waals surface area contributed by atoms with Crippen molar-refractivity contribution in [3.8, 4) is 11.3 Å². The van der Waals surface area contributed by atoms with Crippen LogP contribution >= 0.6 is 11.3 Å². The quantitative estimate of drug-likeness (QED) is 0.430. The third-order valence-corrected chi connectivity index (χ3v) is 5.29. The zero-order chi connectivity index (χ0) is 21.6. The van der Waals surface area contributed by atoms with Crippen molar-refractivity contribution in [2.75, 3.05) is 10.6 Å². The third-order valence-electron chi connectivity index (χ3n) is 4.53. The number of benzene rings is 3. The van der Waals surface area contributed by atoms with E-state index in [1.807, 2.05) is 35.7 Å². The minimum absolute atomic E-state index is 0.0581. The van der Waals surface area contributed by atoms with Crippen molar-refractivity contribution in [1.82, 2.24) is 4.98 Å². The lowest BCUT2D eigenvalue weighted by molar-refractivity contribution is -0.115. The minimum atomic E-state index is -0.406. The molecule has 2 N–H and O–H groups in total. The third kappa shape index (κ3) is 5.21. The first-order valence-electron chi connectivity index (χ1n) is 9.54. The standard InChI is InChI=1S/C24H18FN3O2S/c25-20-9-5-4-8-18(20)14-22(29)28-24-27-21(15-31-24)16-10-12-19(13-11-16)26-23(30)17-6-2-1-3-7-17/h1-13,15H,14H2,(H,26,30)(H,27,28,29). The molecule has 1 aromatic heterocycles. The van der Waals surface area contributed by atoms with Crippen LogP contribution in [-0.2, 0) is 11.2 Å². The number of hydrogen-bond donors (Lipinski definition) is 2. The summed E-state index contributed by atoms with van der Waals surface area (Å²) in [5.41, 5.74) is 3.15. The summed E-state index contributed by atoms with van der Waals surface area (Å²) in [6, 6.07) is 22.5. The van der Waals surface area contributed by atoms with Crippen LogP contribution in [0.15, 0.2) is 84.2 Å². The molecule has 1 heterocycles. The highest BCUT2D eigenvalue weighted by molar-refractivity contribution is 7.14. The van der Waals surface area contributed by atoms with E-state index >= 15 is 0 Å². The number of amides is 2. The second kappa shape index (κ2) is 9.32. The summed E-state index contributed by atoms with van der Waals surface area (Å²) in [4.78, 5) is 28.9. The highest BCUT2D eigenvalue weighted by Crippen LogP contribution is 2.26. The Bertz CT molecular complexity index is 1210. The van der Waals surface area contributed by atoms with Gasteiger partial charge in [0.2, 0.25) is 5.91 Å². The summed E-state index contributed by atoms with van der Waals surface area (Å²) >= 11 is 1.29. The van der Waals surface area contributed by atoms with E-state index in [1.165, 1.54) is 17.4 Å². The van der Waals surface area contributed by atoms with Crippen LogP contribution in [0.25, 0.3) is 11.3 Å². The van der Waals surface area contributed by atoms with Gasteiger partial charge in [0.05, 0.1) is 12.1 Å². The number of hydrogen-bond acceptors (Lipinski definition) is 4. The summed E-state index contributed by atoms with van der Waals surface area (Å²) in [7, 11) is 0. The van der Waals surface area contributed by atoms with Crippen LogP contribution in [0.3, 0.4) is 0 Å². The van der Waals surface area contributed by atoms with Crippen LogP contribution < -0.4 is 10.6 Å². The molecular formula is C24H18FN3O2S. The number of anilines is 2. The fourth-order valence-electron chi connectivity index (χ4n) is 2.96. The molecular weight excluding hydrogens is 413 g/mol. The topological polar surface area (TPSA) is 71.1 Å². The first-order chi connectivity index (χ1) is 15.1. The van der Waals surface area contributed by atoms with Gasteiger partial charge in [-0.1, -0.05) is 48.5 Å². The van der Waals surface area contributed by atoms with Crippen LogP contribution in [0.1, 0.15) is 15.9 Å². The highest BCUT2D eigenvalue weighted by atomic mass is 32.1. The highest BCUT2D eigenvalue weighted by Gasteiger charge is 2.11. The Balaban J connectivity index is 1.38. The smallest absolute Gasteiger partial charge is 0.255 e. The molecule has 5 nitrogen and oxygen atoms in total. The molecule has 0 atom stereocenters. The van der Waals surface area contributed by atoms with E-state index in [-0.39, 0.29) is 18.2 Å². The number of carbonyl (C=O) groups excluding carboxylic acids is 2. The van der Waals surface area contributed by atoms with E-state index in [0.717, 1.165) is 5.56 Å². The average molecular weight is 431 g/mol. The first kappa shape index (κ1) is 20.4. The van der Waals surface area contributed by atoms with Crippen LogP contribution in [0.4, 0.5) is 15.2 Å². The fraction of sp³-hybridized carbons (Fsp3) is 0.0417. The van der Waals surface area contributed by atoms with Gasteiger partial charge in [-0.3, -0.25) is 9.59 Å². The molecule has 0 spiro atoms. The number of thiazole rings is 1. The summed E-state index contributed by atoms with van der Waals surface area (Å²) < 4.78 is 13.7. The molecule has 2 amide bonds. The molecule has 0 aliphatic heterocycles. The van der Waals surface area contributed by atoms with Crippen LogP contribution in [0.5, 0.6) is 0 Å². The van der Waals surface area contributed by atoms with E-state index < -0.39 is 5.82 Å². The predicted octanol–water partition coefficient (Wildman–Crippen LogP) is 5.38. The number of nitrogens with one attached hydrogen (secondary N) is 2. The molecule has 31 heavy (non-hydrogen) atoms. The molecule has 3 aromatic carbocycles. The molecule has 0 aliphatic carbocycles. The maximum Gasteiger partial charge on any atom is 0.255 e. The summed E-state index contributed by atoms with van der Waals surface area (Å²) in [5.74, 6) is -0.913. The van der Waals surface area contributed by atoms with Gasteiger partial charge in [0, 0.05) is 22.2 Å². The Kier molecular flexibility index (Phi) is 6.14. The van der Waals surface area contributed by atoms with Gasteiger partial charge >= 0.3 is 0 Å². The van der Waals surface area contributed by atoms with E-state index in [9.17, 15) is 14.0 Å². The SMILES string of the molecule is O=C(Cc1ccccc1F)Nc1nc(-c2ccc(NC(=O)c3ccccc3)cc2)cs1. The summed E-state index contributed by atoms with van der Waals surface area (Å²) in [6.07, 6.45) is -0.0581. The lowest BCUT2D eigenvalue weighted by Crippen LogP contribution is -2.15. The van der Waals surface area contributed by atoms with Gasteiger partial charge in [0.25, 0.3) is 5.91 Å². The molecule has 4 rings (SSSR count). The number of halogens is 1. The van der Waals surface area contributed by atoms with Crippen LogP contribution in [-0.4, -0.2) is 16.8 Å². The number of aromatic nitrogens is 1. The van der Waals surface area contributed by atoms with Crippen molar-refractivity contribution >= 4 is 34.0 Å². The Labute approximate surface area is 182 Å². The summed E-state index contributed by atoms with van der Waals surface area (Å²) in [6.45, 7) is 0. The van der Waals surface area contributed by atoms with E-state index in [2.05, 4.69) is 15.6 Å². The minimum Gasteiger partial charge on any atom is -0.322 e. The molecule has 0 fully saturated rings. The summed E-state index contributed by atoms with van der Waals surface area (Å²) in [5, 5.41) is 7.83. The van der Waals surface area contributed by atoms with Crippen LogP contribution in [0, 0.1) is 5.82 Å². The molecule has 7 heteroatoms. The van der Waals surface area contributed by atoms with Crippen molar-refractivity contribution < 1.29 is 14.0 Å². The molecule has 0 saturated heterocycles. The molecule has 4 aromatic rings. The lowest BCUT2D eigenvalue weighted by atomic mass is 10.1. The molecule has 0 radical (unpaired) electrons. The van der Waals surface area contributed by atoms with Gasteiger partial charge in [0.1, 0.15) is 5.82 Å². The largest absolute Gasteiger partial charge is 0.322 e. The van der Waals surface area contributed by atoms with Gasteiger partial charge in [-0.25, -0.2) is 9.37 Å². The second-order valence-electron chi connectivity index (χ2n) is 6.75. The molecule has 0 aliphatic rings. The monoisotopic (exact) mass is 431 g/mol. The molecule has 154 valence electrons. The number of carbonyl (C=O) groups is 2. The first-order valence-corrected chi connectivity index (χ1v) is 10.4. The van der Waals surface area contributed by atoms with E-state index in [1.54, 1.807) is 42.5 Å². The van der Waals surface area contributed by atoms with Crippen molar-refractivity contribution in [2.45, 2.75) is 6.42 Å². The normalized spacial score (nSPS) is 10.5. The van der Waals surface area contributed by atoms with Crippen molar-refractivity contribution in [3.05, 3.63) is 101 Å². The van der Waals surface area contributed by atoms with E-state index in [0.29, 0.717) is 27.6 Å². The van der Waals surface area contributed by atoms with Crippen molar-refractivity contribution in [2.24, 2.45) is 0 Å². The lowest BCUT2D eigenvalue weighted by Gasteiger charge is -2.06. The second-order valence-corrected chi connectivity index (χ2v) is 7.61. The van der Waals surface area contributed by atoms with Gasteiger partial charge in [-0.05, 0) is 35.9 Å². The molecule has 0 bridgehead atoms. The number of rotatable bonds is 6. The number of nitrogens with zero attached hydrogens (tertiary/aromatic N) is 1. The predicted molar refractivity (Wildman–Crippen MR) is 121 cm³/mol. The zero-order valence-corrected chi connectivity index (χ0v) is 17.2. The van der Waals surface area contributed by atoms with Gasteiger partial charge < -0.3 is 10.6 Å². The average Bonchev–Trinajstić information content (AvgIpc) is 3.25.